The topological polar surface area (TPSA) is 76.1 Å². The van der Waals surface area contributed by atoms with E-state index < -0.39 is 61.9 Å². The monoisotopic (exact) mass is 632 g/mol. The lowest BCUT2D eigenvalue weighted by Gasteiger charge is -2.43. The van der Waals surface area contributed by atoms with Crippen molar-refractivity contribution >= 4 is 15.7 Å². The molecule has 1 amide bonds. The van der Waals surface area contributed by atoms with Gasteiger partial charge in [0.15, 0.2) is 9.84 Å². The number of sulfone groups is 1. The van der Waals surface area contributed by atoms with Crippen LogP contribution in [-0.2, 0) is 37.9 Å². The molecule has 0 spiro atoms. The van der Waals surface area contributed by atoms with Crippen LogP contribution < -0.4 is 5.32 Å². The van der Waals surface area contributed by atoms with Crippen molar-refractivity contribution < 1.29 is 48.3 Å². The number of rotatable bonds is 6. The summed E-state index contributed by atoms with van der Waals surface area (Å²) >= 11 is 0. The highest BCUT2D eigenvalue weighted by molar-refractivity contribution is 7.92. The number of alkyl halides is 7. The normalized spacial score (nSPS) is 22.5. The molecule has 2 aromatic carbocycles. The molecule has 1 fully saturated rings. The van der Waals surface area contributed by atoms with Crippen molar-refractivity contribution in [3.8, 4) is 0 Å². The van der Waals surface area contributed by atoms with Crippen molar-refractivity contribution in [2.75, 3.05) is 0 Å². The summed E-state index contributed by atoms with van der Waals surface area (Å²) in [6.07, 6.45) is -9.99. The predicted octanol–water partition coefficient (Wildman–Crippen LogP) is 6.26. The minimum Gasteiger partial charge on any atom is -0.353 e. The van der Waals surface area contributed by atoms with Crippen molar-refractivity contribution in [1.82, 2.24) is 10.3 Å². The Morgan fingerprint density at radius 2 is 1.53 bits per heavy atom. The van der Waals surface area contributed by atoms with Gasteiger partial charge in [0.25, 0.3) is 0 Å². The lowest BCUT2D eigenvalue weighted by Crippen LogP contribution is -2.51. The molecular formula is C29H24F8N2O3S. The third-order valence-corrected chi connectivity index (χ3v) is 11.0. The molecule has 1 heterocycles. The van der Waals surface area contributed by atoms with Crippen molar-refractivity contribution in [3.63, 3.8) is 0 Å². The van der Waals surface area contributed by atoms with Gasteiger partial charge in [-0.15, -0.1) is 0 Å². The molecule has 230 valence electrons. The van der Waals surface area contributed by atoms with E-state index in [2.05, 4.69) is 10.3 Å². The molecule has 5 nitrogen and oxygen atoms in total. The number of fused-ring (bicyclic) bond motifs is 3. The summed E-state index contributed by atoms with van der Waals surface area (Å²) in [6, 6.07) is 7.97. The van der Waals surface area contributed by atoms with Gasteiger partial charge in [-0.1, -0.05) is 18.2 Å². The predicted molar refractivity (Wildman–Crippen MR) is 138 cm³/mol. The maximum atomic E-state index is 14.9. The van der Waals surface area contributed by atoms with Crippen LogP contribution in [0.1, 0.15) is 41.5 Å². The maximum absolute atomic E-state index is 14.9. The molecule has 0 radical (unpaired) electrons. The van der Waals surface area contributed by atoms with Gasteiger partial charge in [0.1, 0.15) is 10.6 Å². The highest BCUT2D eigenvalue weighted by Crippen LogP contribution is 2.59. The molecular weight excluding hydrogens is 608 g/mol. The molecule has 2 aliphatic carbocycles. The summed E-state index contributed by atoms with van der Waals surface area (Å²) in [6.45, 7) is 0. The fourth-order valence-electron chi connectivity index (χ4n) is 6.50. The largest absolute Gasteiger partial charge is 0.435 e. The molecule has 3 aromatic rings. The summed E-state index contributed by atoms with van der Waals surface area (Å²) in [4.78, 5) is 16.5. The van der Waals surface area contributed by atoms with Crippen LogP contribution in [0.2, 0.25) is 0 Å². The molecule has 1 N–H and O–H groups in total. The Morgan fingerprint density at radius 1 is 0.907 bits per heavy atom. The first kappa shape index (κ1) is 30.9. The smallest absolute Gasteiger partial charge is 0.353 e. The Hall–Kier alpha value is -3.55. The number of nitrogens with zero attached hydrogens (tertiary/aromatic N) is 1. The van der Waals surface area contributed by atoms with Gasteiger partial charge in [-0.25, -0.2) is 17.2 Å². The molecule has 3 atom stereocenters. The van der Waals surface area contributed by atoms with Gasteiger partial charge < -0.3 is 5.32 Å². The number of aromatic nitrogens is 1. The van der Waals surface area contributed by atoms with Crippen LogP contribution >= 0.6 is 0 Å². The van der Waals surface area contributed by atoms with Crippen molar-refractivity contribution in [2.24, 2.45) is 5.92 Å². The van der Waals surface area contributed by atoms with Gasteiger partial charge in [0, 0.05) is 29.9 Å². The average Bonchev–Trinajstić information content (AvgIpc) is 3.31. The quantitative estimate of drug-likeness (QED) is 0.257. The fraction of sp³-hybridized carbons (Fsp3) is 0.379. The molecule has 0 unspecified atom stereocenters. The lowest BCUT2D eigenvalue weighted by atomic mass is 9.74. The first-order chi connectivity index (χ1) is 20.0. The number of pyridine rings is 1. The molecule has 43 heavy (non-hydrogen) atoms. The third-order valence-electron chi connectivity index (χ3n) is 8.44. The van der Waals surface area contributed by atoms with Gasteiger partial charge in [-0.05, 0) is 78.8 Å². The summed E-state index contributed by atoms with van der Waals surface area (Å²) in [5, 5.41) is 2.85. The maximum Gasteiger partial charge on any atom is 0.435 e. The van der Waals surface area contributed by atoms with Crippen LogP contribution in [0.25, 0.3) is 0 Å². The van der Waals surface area contributed by atoms with Gasteiger partial charge in [0.05, 0.1) is 11.3 Å². The fourth-order valence-corrected chi connectivity index (χ4v) is 8.97. The second kappa shape index (κ2) is 10.6. The van der Waals surface area contributed by atoms with Crippen LogP contribution in [0, 0.1) is 11.7 Å². The van der Waals surface area contributed by atoms with Crippen LogP contribution in [0.4, 0.5) is 35.1 Å². The SMILES string of the molecule is O=C(Cc1ccncc1)N[C@@H]1CC[C@]2(S(=O)(=O)c3ccc(F)cc3)c3ccc(C(F)(C(F)(F)F)C(F)(F)F)cc3CC[C@H]12. The van der Waals surface area contributed by atoms with Crippen molar-refractivity contribution in [2.45, 2.75) is 65.8 Å². The summed E-state index contributed by atoms with van der Waals surface area (Å²) in [5.74, 6) is -2.00. The number of amides is 1. The summed E-state index contributed by atoms with van der Waals surface area (Å²) in [5.41, 5.74) is -7.01. The molecule has 5 rings (SSSR count). The lowest BCUT2D eigenvalue weighted by molar-refractivity contribution is -0.348. The molecule has 1 saturated carbocycles. The Labute approximate surface area is 241 Å². The van der Waals surface area contributed by atoms with Gasteiger partial charge in [-0.2, -0.15) is 26.3 Å². The number of carbonyl (C=O) groups excluding carboxylic acids is 1. The second-order valence-corrected chi connectivity index (χ2v) is 13.0. The summed E-state index contributed by atoms with van der Waals surface area (Å²) in [7, 11) is -4.49. The number of benzene rings is 2. The highest BCUT2D eigenvalue weighted by atomic mass is 32.2. The van der Waals surface area contributed by atoms with Crippen LogP contribution in [0.3, 0.4) is 0 Å². The van der Waals surface area contributed by atoms with Crippen LogP contribution in [-0.4, -0.2) is 37.7 Å². The molecule has 2 aliphatic rings. The van der Waals surface area contributed by atoms with Crippen molar-refractivity contribution in [3.05, 3.63) is 95.1 Å². The van der Waals surface area contributed by atoms with E-state index in [0.29, 0.717) is 17.7 Å². The third kappa shape index (κ3) is 4.96. The Morgan fingerprint density at radius 3 is 2.14 bits per heavy atom. The molecule has 1 aromatic heterocycles. The van der Waals surface area contributed by atoms with E-state index in [0.717, 1.165) is 30.3 Å². The minimum absolute atomic E-state index is 0.0448. The van der Waals surface area contributed by atoms with E-state index in [-0.39, 0.29) is 48.1 Å². The van der Waals surface area contributed by atoms with Crippen LogP contribution in [0.15, 0.2) is 71.9 Å². The average molecular weight is 633 g/mol. The second-order valence-electron chi connectivity index (χ2n) is 10.8. The minimum atomic E-state index is -6.34. The van der Waals surface area contributed by atoms with E-state index in [1.54, 1.807) is 12.1 Å². The molecule has 0 bridgehead atoms. The summed E-state index contributed by atoms with van der Waals surface area (Å²) < 4.78 is 136. The van der Waals surface area contributed by atoms with Crippen LogP contribution in [0.5, 0.6) is 0 Å². The zero-order chi connectivity index (χ0) is 31.4. The van der Waals surface area contributed by atoms with E-state index in [9.17, 15) is 48.3 Å². The zero-order valence-electron chi connectivity index (χ0n) is 22.1. The van der Waals surface area contributed by atoms with E-state index >= 15 is 0 Å². The number of hydrogen-bond acceptors (Lipinski definition) is 4. The van der Waals surface area contributed by atoms with Crippen molar-refractivity contribution in [1.29, 1.82) is 0 Å². The first-order valence-corrected chi connectivity index (χ1v) is 14.7. The number of halogens is 8. The molecule has 0 aliphatic heterocycles. The molecule has 0 saturated heterocycles. The van der Waals surface area contributed by atoms with Gasteiger partial charge in [-0.3, -0.25) is 9.78 Å². The number of carbonyl (C=O) groups is 1. The highest BCUT2D eigenvalue weighted by Gasteiger charge is 2.73. The Bertz CT molecular complexity index is 1610. The Balaban J connectivity index is 1.61. The standard InChI is InChI=1S/C29H24F8N2O3S/c30-20-3-5-21(6-4-20)43(41,42)26-12-9-24(39-25(40)15-17-10-13-38-14-11-17)23(26)7-1-18-16-19(2-8-22(18)26)27(31,28(32,33)34)29(35,36)37/h2-6,8,10-11,13-14,16,23-24H,1,7,9,12,15H2,(H,39,40)/t23-,24-,26+/m1/s1. The number of hydrogen-bond donors (Lipinski definition) is 1. The number of nitrogens with one attached hydrogen (secondary N) is 1. The number of aryl methyl sites for hydroxylation is 1. The van der Waals surface area contributed by atoms with Gasteiger partial charge in [0.2, 0.25) is 5.91 Å². The Kier molecular flexibility index (Phi) is 7.59. The molecule has 14 heteroatoms. The van der Waals surface area contributed by atoms with E-state index in [1.165, 1.54) is 12.4 Å². The van der Waals surface area contributed by atoms with E-state index in [4.69, 9.17) is 0 Å². The first-order valence-electron chi connectivity index (χ1n) is 13.2. The zero-order valence-corrected chi connectivity index (χ0v) is 23.0. The van der Waals surface area contributed by atoms with Gasteiger partial charge >= 0.3 is 18.0 Å². The van der Waals surface area contributed by atoms with E-state index in [1.807, 2.05) is 0 Å².